The molecule has 1 atom stereocenters. The second-order valence-electron chi connectivity index (χ2n) is 5.61. The van der Waals surface area contributed by atoms with Crippen molar-refractivity contribution in [1.82, 2.24) is 5.32 Å². The largest absolute Gasteiger partial charge is 0.485 e. The van der Waals surface area contributed by atoms with Gasteiger partial charge in [0.15, 0.2) is 0 Å². The van der Waals surface area contributed by atoms with Crippen molar-refractivity contribution in [3.63, 3.8) is 0 Å². The highest BCUT2D eigenvalue weighted by Gasteiger charge is 2.26. The van der Waals surface area contributed by atoms with Crippen LogP contribution in [0.2, 0.25) is 10.0 Å². The smallest absolute Gasteiger partial charge is 0.127 e. The Morgan fingerprint density at radius 2 is 1.68 bits per heavy atom. The maximum absolute atomic E-state index is 6.30. The van der Waals surface area contributed by atoms with Gasteiger partial charge in [-0.3, -0.25) is 0 Å². The Kier molecular flexibility index (Phi) is 5.24. The Balaban J connectivity index is 1.86. The second-order valence-corrected chi connectivity index (χ2v) is 6.43. The number of ether oxygens (including phenoxy) is 1. The quantitative estimate of drug-likeness (QED) is 0.837. The molecule has 2 aromatic carbocycles. The minimum absolute atomic E-state index is 0.0422. The molecule has 1 N–H and O–H groups in total. The molecule has 2 nitrogen and oxygen atoms in total. The predicted molar refractivity (Wildman–Crippen MR) is 91.9 cm³/mol. The second kappa shape index (κ2) is 7.36. The van der Waals surface area contributed by atoms with Gasteiger partial charge in [-0.25, -0.2) is 0 Å². The van der Waals surface area contributed by atoms with Crippen LogP contribution >= 0.6 is 23.2 Å². The van der Waals surface area contributed by atoms with Gasteiger partial charge in [0.25, 0.3) is 0 Å². The van der Waals surface area contributed by atoms with Crippen LogP contribution in [0, 0.1) is 5.92 Å². The Hall–Kier alpha value is -1.22. The third kappa shape index (κ3) is 3.75. The molecule has 0 radical (unpaired) electrons. The lowest BCUT2D eigenvalue weighted by Crippen LogP contribution is -2.32. The molecule has 4 heteroatoms. The van der Waals surface area contributed by atoms with Gasteiger partial charge >= 0.3 is 0 Å². The molecule has 0 bridgehead atoms. The van der Waals surface area contributed by atoms with E-state index in [4.69, 9.17) is 27.9 Å². The van der Waals surface area contributed by atoms with E-state index in [1.165, 1.54) is 5.56 Å². The van der Waals surface area contributed by atoms with Crippen LogP contribution in [0.4, 0.5) is 0 Å². The molecule has 0 aliphatic carbocycles. The molecule has 1 heterocycles. The Bertz CT molecular complexity index is 612. The molecule has 2 aromatic rings. The number of halogens is 2. The summed E-state index contributed by atoms with van der Waals surface area (Å²) in [6, 6.07) is 15.9. The summed E-state index contributed by atoms with van der Waals surface area (Å²) in [6.45, 7) is 2.08. The molecule has 0 saturated carbocycles. The van der Waals surface area contributed by atoms with Crippen molar-refractivity contribution in [2.75, 3.05) is 13.1 Å². The van der Waals surface area contributed by atoms with E-state index in [0.29, 0.717) is 16.0 Å². The number of hydrogen-bond donors (Lipinski definition) is 1. The van der Waals surface area contributed by atoms with E-state index >= 15 is 0 Å². The Labute approximate surface area is 141 Å². The summed E-state index contributed by atoms with van der Waals surface area (Å²) in [5.41, 5.74) is 1.21. The van der Waals surface area contributed by atoms with E-state index in [-0.39, 0.29) is 6.10 Å². The summed E-state index contributed by atoms with van der Waals surface area (Å²) in [7, 11) is 0. The van der Waals surface area contributed by atoms with E-state index < -0.39 is 0 Å². The highest BCUT2D eigenvalue weighted by molar-refractivity contribution is 6.42. The highest BCUT2D eigenvalue weighted by atomic mass is 35.5. The minimum Gasteiger partial charge on any atom is -0.485 e. The van der Waals surface area contributed by atoms with Crippen LogP contribution in [0.5, 0.6) is 5.75 Å². The lowest BCUT2D eigenvalue weighted by molar-refractivity contribution is 0.112. The van der Waals surface area contributed by atoms with Crippen molar-refractivity contribution in [2.24, 2.45) is 5.92 Å². The highest BCUT2D eigenvalue weighted by Crippen LogP contribution is 2.35. The van der Waals surface area contributed by atoms with Crippen molar-refractivity contribution < 1.29 is 4.74 Å². The molecule has 1 aliphatic rings. The molecule has 0 spiro atoms. The van der Waals surface area contributed by atoms with E-state index in [2.05, 4.69) is 29.6 Å². The van der Waals surface area contributed by atoms with Gasteiger partial charge < -0.3 is 10.1 Å². The summed E-state index contributed by atoms with van der Waals surface area (Å²) in [5, 5.41) is 4.48. The number of hydrogen-bond acceptors (Lipinski definition) is 2. The van der Waals surface area contributed by atoms with Gasteiger partial charge in [-0.2, -0.15) is 0 Å². The van der Waals surface area contributed by atoms with Crippen molar-refractivity contribution in [3.8, 4) is 5.75 Å². The Morgan fingerprint density at radius 1 is 0.955 bits per heavy atom. The van der Waals surface area contributed by atoms with Crippen LogP contribution in [0.25, 0.3) is 0 Å². The van der Waals surface area contributed by atoms with Gasteiger partial charge in [0, 0.05) is 12.0 Å². The average Bonchev–Trinajstić information content (AvgIpc) is 2.57. The molecule has 116 valence electrons. The first-order chi connectivity index (χ1) is 10.7. The van der Waals surface area contributed by atoms with E-state index in [0.717, 1.165) is 31.7 Å². The molecular formula is C18H19Cl2NO. The van der Waals surface area contributed by atoms with Crippen molar-refractivity contribution in [3.05, 3.63) is 64.1 Å². The predicted octanol–water partition coefficient (Wildman–Crippen LogP) is 5.11. The summed E-state index contributed by atoms with van der Waals surface area (Å²) in [5.74, 6) is 1.26. The average molecular weight is 336 g/mol. The van der Waals surface area contributed by atoms with Gasteiger partial charge in [-0.05, 0) is 43.6 Å². The van der Waals surface area contributed by atoms with E-state index in [1.54, 1.807) is 12.1 Å². The lowest BCUT2D eigenvalue weighted by atomic mass is 9.88. The third-order valence-electron chi connectivity index (χ3n) is 4.09. The number of piperidine rings is 1. The summed E-state index contributed by atoms with van der Waals surface area (Å²) < 4.78 is 6.30. The van der Waals surface area contributed by atoms with Crippen LogP contribution in [-0.4, -0.2) is 13.1 Å². The first kappa shape index (κ1) is 15.7. The molecule has 1 saturated heterocycles. The van der Waals surface area contributed by atoms with Crippen molar-refractivity contribution in [1.29, 1.82) is 0 Å². The molecule has 3 rings (SSSR count). The number of rotatable bonds is 4. The zero-order valence-electron chi connectivity index (χ0n) is 12.3. The molecule has 0 amide bonds. The molecular weight excluding hydrogens is 317 g/mol. The maximum atomic E-state index is 6.30. The van der Waals surface area contributed by atoms with Crippen LogP contribution in [-0.2, 0) is 0 Å². The molecule has 1 unspecified atom stereocenters. The van der Waals surface area contributed by atoms with Crippen LogP contribution in [0.15, 0.2) is 48.5 Å². The summed E-state index contributed by atoms with van der Waals surface area (Å²) in [6.07, 6.45) is 2.27. The van der Waals surface area contributed by atoms with Gasteiger partial charge in [-0.15, -0.1) is 0 Å². The molecule has 0 aromatic heterocycles. The Morgan fingerprint density at radius 3 is 2.36 bits per heavy atom. The van der Waals surface area contributed by atoms with Gasteiger partial charge in [-0.1, -0.05) is 53.5 Å². The first-order valence-electron chi connectivity index (χ1n) is 7.61. The number of nitrogens with one attached hydrogen (secondary N) is 1. The zero-order chi connectivity index (χ0) is 15.4. The fraction of sp³-hybridized carbons (Fsp3) is 0.333. The monoisotopic (exact) mass is 335 g/mol. The lowest BCUT2D eigenvalue weighted by Gasteiger charge is -2.31. The topological polar surface area (TPSA) is 21.3 Å². The SMILES string of the molecule is Clc1ccc(OC(c2ccccc2)C2CCNCC2)cc1Cl. The normalized spacial score (nSPS) is 17.2. The molecule has 1 aliphatic heterocycles. The summed E-state index contributed by atoms with van der Waals surface area (Å²) >= 11 is 12.1. The van der Waals surface area contributed by atoms with E-state index in [9.17, 15) is 0 Å². The van der Waals surface area contributed by atoms with E-state index in [1.807, 2.05) is 12.1 Å². The summed E-state index contributed by atoms with van der Waals surface area (Å²) in [4.78, 5) is 0. The third-order valence-corrected chi connectivity index (χ3v) is 4.83. The van der Waals surface area contributed by atoms with Crippen LogP contribution < -0.4 is 10.1 Å². The minimum atomic E-state index is 0.0422. The van der Waals surface area contributed by atoms with Crippen LogP contribution in [0.3, 0.4) is 0 Å². The maximum Gasteiger partial charge on any atom is 0.127 e. The standard InChI is InChI=1S/C18H19Cl2NO/c19-16-7-6-15(12-17(16)20)22-18(13-4-2-1-3-5-13)14-8-10-21-11-9-14/h1-7,12,14,18,21H,8-11H2. The van der Waals surface area contributed by atoms with Crippen molar-refractivity contribution in [2.45, 2.75) is 18.9 Å². The van der Waals surface area contributed by atoms with Crippen molar-refractivity contribution >= 4 is 23.2 Å². The fourth-order valence-electron chi connectivity index (χ4n) is 2.92. The zero-order valence-corrected chi connectivity index (χ0v) is 13.8. The van der Waals surface area contributed by atoms with Gasteiger partial charge in [0.05, 0.1) is 10.0 Å². The van der Waals surface area contributed by atoms with Crippen LogP contribution in [0.1, 0.15) is 24.5 Å². The van der Waals surface area contributed by atoms with Gasteiger partial charge in [0.2, 0.25) is 0 Å². The first-order valence-corrected chi connectivity index (χ1v) is 8.37. The van der Waals surface area contributed by atoms with Gasteiger partial charge in [0.1, 0.15) is 11.9 Å². The molecule has 1 fully saturated rings. The number of benzene rings is 2. The fourth-order valence-corrected chi connectivity index (χ4v) is 3.21. The molecule has 22 heavy (non-hydrogen) atoms.